The molecule has 2 aromatic carbocycles. The van der Waals surface area contributed by atoms with Crippen LogP contribution in [0.5, 0.6) is 0 Å². The Kier molecular flexibility index (Phi) is 5.76. The molecule has 1 atom stereocenters. The highest BCUT2D eigenvalue weighted by Crippen LogP contribution is 2.29. The van der Waals surface area contributed by atoms with Crippen molar-refractivity contribution in [2.45, 2.75) is 23.7 Å². The minimum atomic E-state index is -0.373. The van der Waals surface area contributed by atoms with Gasteiger partial charge in [0.15, 0.2) is 5.65 Å². The van der Waals surface area contributed by atoms with E-state index in [1.165, 1.54) is 30.2 Å². The molecule has 0 bridgehead atoms. The molecule has 0 saturated carbocycles. The molecule has 0 aliphatic rings. The van der Waals surface area contributed by atoms with Crippen LogP contribution in [-0.4, -0.2) is 42.9 Å². The Balaban J connectivity index is 1.52. The SMILES string of the molecule is CC(Sc1ncnc2c1cnn2-c1ccccc1)C(=O)N(C)Cc1cccc(F)c1. The molecule has 0 N–H and O–H groups in total. The molecule has 0 aliphatic carbocycles. The molecule has 6 nitrogen and oxygen atoms in total. The number of nitrogens with zero attached hydrogens (tertiary/aromatic N) is 5. The van der Waals surface area contributed by atoms with E-state index < -0.39 is 0 Å². The number of amides is 1. The standard InChI is InChI=1S/C22H20FN5OS/c1-15(22(29)27(2)13-16-7-6-8-17(23)11-16)30-21-19-12-26-28(20(19)24-14-25-21)18-9-4-3-5-10-18/h3-12,14-15H,13H2,1-2H3. The van der Waals surface area contributed by atoms with Gasteiger partial charge in [0.2, 0.25) is 5.91 Å². The van der Waals surface area contributed by atoms with Crippen LogP contribution >= 0.6 is 11.8 Å². The van der Waals surface area contributed by atoms with Crippen molar-refractivity contribution in [1.29, 1.82) is 0 Å². The maximum Gasteiger partial charge on any atom is 0.235 e. The number of carbonyl (C=O) groups is 1. The summed E-state index contributed by atoms with van der Waals surface area (Å²) in [5.74, 6) is -0.374. The molecule has 1 unspecified atom stereocenters. The highest BCUT2D eigenvalue weighted by Gasteiger charge is 2.22. The van der Waals surface area contributed by atoms with Crippen LogP contribution in [0.3, 0.4) is 0 Å². The van der Waals surface area contributed by atoms with E-state index in [2.05, 4.69) is 15.1 Å². The van der Waals surface area contributed by atoms with Crippen molar-refractivity contribution in [3.8, 4) is 5.69 Å². The molecule has 2 heterocycles. The van der Waals surface area contributed by atoms with E-state index in [0.717, 1.165) is 16.6 Å². The van der Waals surface area contributed by atoms with E-state index in [0.29, 0.717) is 17.2 Å². The Labute approximate surface area is 177 Å². The fraction of sp³-hybridized carbons (Fsp3) is 0.182. The van der Waals surface area contributed by atoms with Gasteiger partial charge in [-0.1, -0.05) is 42.1 Å². The summed E-state index contributed by atoms with van der Waals surface area (Å²) in [6.45, 7) is 2.18. The molecule has 30 heavy (non-hydrogen) atoms. The van der Waals surface area contributed by atoms with Crippen LogP contribution in [0.4, 0.5) is 4.39 Å². The molecular weight excluding hydrogens is 401 g/mol. The monoisotopic (exact) mass is 421 g/mol. The van der Waals surface area contributed by atoms with Crippen molar-refractivity contribution < 1.29 is 9.18 Å². The van der Waals surface area contributed by atoms with E-state index >= 15 is 0 Å². The largest absolute Gasteiger partial charge is 0.340 e. The fourth-order valence-corrected chi connectivity index (χ4v) is 4.18. The first kappa shape index (κ1) is 20.0. The van der Waals surface area contributed by atoms with Crippen molar-refractivity contribution >= 4 is 28.7 Å². The molecule has 4 rings (SSSR count). The van der Waals surface area contributed by atoms with Gasteiger partial charge >= 0.3 is 0 Å². The van der Waals surface area contributed by atoms with Gasteiger partial charge in [0, 0.05) is 13.6 Å². The minimum Gasteiger partial charge on any atom is -0.340 e. The van der Waals surface area contributed by atoms with E-state index in [9.17, 15) is 9.18 Å². The first-order chi connectivity index (χ1) is 14.5. The quantitative estimate of drug-likeness (QED) is 0.347. The molecule has 4 aromatic rings. The third kappa shape index (κ3) is 4.18. The Hall–Kier alpha value is -3.26. The molecule has 8 heteroatoms. The second kappa shape index (κ2) is 8.62. The van der Waals surface area contributed by atoms with E-state index in [4.69, 9.17) is 0 Å². The summed E-state index contributed by atoms with van der Waals surface area (Å²) >= 11 is 1.36. The average molecular weight is 422 g/mol. The normalized spacial score (nSPS) is 12.1. The van der Waals surface area contributed by atoms with Crippen LogP contribution in [0.15, 0.2) is 72.1 Å². The van der Waals surface area contributed by atoms with E-state index in [-0.39, 0.29) is 17.0 Å². The van der Waals surface area contributed by atoms with Gasteiger partial charge in [-0.15, -0.1) is 0 Å². The number of fused-ring (bicyclic) bond motifs is 1. The maximum atomic E-state index is 13.4. The van der Waals surface area contributed by atoms with Crippen LogP contribution in [0.1, 0.15) is 12.5 Å². The van der Waals surface area contributed by atoms with Crippen LogP contribution in [0.25, 0.3) is 16.7 Å². The molecule has 152 valence electrons. The molecule has 2 aromatic heterocycles. The predicted octanol–water partition coefficient (Wildman–Crippen LogP) is 4.09. The van der Waals surface area contributed by atoms with Gasteiger partial charge in [-0.05, 0) is 36.8 Å². The summed E-state index contributed by atoms with van der Waals surface area (Å²) in [4.78, 5) is 23.2. The summed E-state index contributed by atoms with van der Waals surface area (Å²) in [5, 5.41) is 5.56. The molecule has 0 saturated heterocycles. The lowest BCUT2D eigenvalue weighted by Gasteiger charge is -2.21. The van der Waals surface area contributed by atoms with Gasteiger partial charge in [0.05, 0.1) is 22.5 Å². The maximum absolute atomic E-state index is 13.4. The van der Waals surface area contributed by atoms with Crippen LogP contribution in [0.2, 0.25) is 0 Å². The number of rotatable bonds is 6. The topological polar surface area (TPSA) is 63.9 Å². The molecule has 0 aliphatic heterocycles. The zero-order valence-electron chi connectivity index (χ0n) is 16.6. The lowest BCUT2D eigenvalue weighted by Crippen LogP contribution is -2.32. The Bertz CT molecular complexity index is 1180. The molecule has 0 radical (unpaired) electrons. The lowest BCUT2D eigenvalue weighted by atomic mass is 10.2. The number of carbonyl (C=O) groups excluding carboxylic acids is 1. The predicted molar refractivity (Wildman–Crippen MR) is 115 cm³/mol. The summed E-state index contributed by atoms with van der Waals surface area (Å²) in [5.41, 5.74) is 2.34. The van der Waals surface area contributed by atoms with Gasteiger partial charge in [-0.3, -0.25) is 4.79 Å². The fourth-order valence-electron chi connectivity index (χ4n) is 3.19. The average Bonchev–Trinajstić information content (AvgIpc) is 3.19. The second-order valence-electron chi connectivity index (χ2n) is 6.89. The van der Waals surface area contributed by atoms with E-state index in [1.807, 2.05) is 37.3 Å². The van der Waals surface area contributed by atoms with Crippen molar-refractivity contribution in [3.05, 3.63) is 78.5 Å². The first-order valence-electron chi connectivity index (χ1n) is 9.43. The van der Waals surface area contributed by atoms with Gasteiger partial charge in [-0.25, -0.2) is 19.0 Å². The zero-order chi connectivity index (χ0) is 21.1. The highest BCUT2D eigenvalue weighted by molar-refractivity contribution is 8.00. The van der Waals surface area contributed by atoms with Crippen molar-refractivity contribution in [2.24, 2.45) is 0 Å². The number of halogens is 1. The number of hydrogen-bond acceptors (Lipinski definition) is 5. The Morgan fingerprint density at radius 2 is 1.97 bits per heavy atom. The third-order valence-corrected chi connectivity index (χ3v) is 5.75. The number of hydrogen-bond donors (Lipinski definition) is 0. The van der Waals surface area contributed by atoms with E-state index in [1.54, 1.807) is 35.0 Å². The summed E-state index contributed by atoms with van der Waals surface area (Å²) < 4.78 is 15.2. The number of aromatic nitrogens is 4. The number of para-hydroxylation sites is 1. The first-order valence-corrected chi connectivity index (χ1v) is 10.3. The highest BCUT2D eigenvalue weighted by atomic mass is 32.2. The van der Waals surface area contributed by atoms with Crippen LogP contribution < -0.4 is 0 Å². The Morgan fingerprint density at radius 3 is 2.73 bits per heavy atom. The van der Waals surface area contributed by atoms with Gasteiger partial charge in [0.1, 0.15) is 17.2 Å². The van der Waals surface area contributed by atoms with Crippen molar-refractivity contribution in [3.63, 3.8) is 0 Å². The van der Waals surface area contributed by atoms with Crippen LogP contribution in [-0.2, 0) is 11.3 Å². The smallest absolute Gasteiger partial charge is 0.235 e. The zero-order valence-corrected chi connectivity index (χ0v) is 17.4. The third-order valence-electron chi connectivity index (χ3n) is 4.65. The lowest BCUT2D eigenvalue weighted by molar-refractivity contribution is -0.129. The van der Waals surface area contributed by atoms with Gasteiger partial charge in [-0.2, -0.15) is 5.10 Å². The minimum absolute atomic E-state index is 0.0634. The van der Waals surface area contributed by atoms with Gasteiger partial charge < -0.3 is 4.90 Å². The molecule has 0 spiro atoms. The summed E-state index contributed by atoms with van der Waals surface area (Å²) in [6.07, 6.45) is 3.21. The molecule has 0 fully saturated rings. The molecule has 1 amide bonds. The van der Waals surface area contributed by atoms with Gasteiger partial charge in [0.25, 0.3) is 0 Å². The van der Waals surface area contributed by atoms with Crippen LogP contribution in [0, 0.1) is 5.82 Å². The summed E-state index contributed by atoms with van der Waals surface area (Å²) in [7, 11) is 1.72. The van der Waals surface area contributed by atoms with Crippen molar-refractivity contribution in [1.82, 2.24) is 24.6 Å². The second-order valence-corrected chi connectivity index (χ2v) is 8.22. The summed E-state index contributed by atoms with van der Waals surface area (Å²) in [6, 6.07) is 16.0. The number of thioether (sulfide) groups is 1. The van der Waals surface area contributed by atoms with Crippen molar-refractivity contribution in [2.75, 3.05) is 7.05 Å². The molecular formula is C22H20FN5OS. The number of benzene rings is 2. The Morgan fingerprint density at radius 1 is 1.17 bits per heavy atom.